The first-order valence-corrected chi connectivity index (χ1v) is 10.2. The van der Waals surface area contributed by atoms with Crippen LogP contribution < -0.4 is 0 Å². The van der Waals surface area contributed by atoms with Gasteiger partial charge in [-0.25, -0.2) is 8.42 Å². The van der Waals surface area contributed by atoms with Crippen LogP contribution in [0.2, 0.25) is 0 Å². The van der Waals surface area contributed by atoms with Crippen LogP contribution in [0.4, 0.5) is 0 Å². The second-order valence-corrected chi connectivity index (χ2v) is 10.5. The van der Waals surface area contributed by atoms with Crippen molar-refractivity contribution >= 4 is 19.7 Å². The second kappa shape index (κ2) is 6.21. The summed E-state index contributed by atoms with van der Waals surface area (Å²) in [5.41, 5.74) is 2.24. The van der Waals surface area contributed by atoms with Crippen LogP contribution in [0.5, 0.6) is 5.75 Å². The van der Waals surface area contributed by atoms with E-state index in [-0.39, 0.29) is 11.2 Å². The molecule has 2 rings (SSSR count). The van der Waals surface area contributed by atoms with Crippen LogP contribution in [0.15, 0.2) is 46.2 Å². The maximum absolute atomic E-state index is 12.7. The molecule has 0 radical (unpaired) electrons. The van der Waals surface area contributed by atoms with Crippen LogP contribution in [0.1, 0.15) is 37.5 Å². The topological polar surface area (TPSA) is 54.4 Å². The van der Waals surface area contributed by atoms with Gasteiger partial charge in [-0.3, -0.25) is 0 Å². The molecule has 0 fully saturated rings. The largest absolute Gasteiger partial charge is 0.508 e. The lowest BCUT2D eigenvalue weighted by molar-refractivity contribution is 0.465. The number of phenolic OH excluding ortho intramolecular Hbond substituents is 1. The van der Waals surface area contributed by atoms with E-state index in [2.05, 4.69) is 0 Å². The molecule has 0 saturated heterocycles. The normalized spacial score (nSPS) is 12.4. The van der Waals surface area contributed by atoms with E-state index in [1.165, 1.54) is 0 Å². The van der Waals surface area contributed by atoms with Gasteiger partial charge >= 0.3 is 0 Å². The average Bonchev–Trinajstić information content (AvgIpc) is 2.41. The lowest BCUT2D eigenvalue weighted by Crippen LogP contribution is -2.13. The number of hydrogen-bond donors (Lipinski definition) is 1. The molecule has 0 saturated carbocycles. The highest BCUT2D eigenvalue weighted by Gasteiger charge is 2.25. The fraction of sp³-hybridized carbons (Fsp3) is 0.333. The molecule has 0 bridgehead atoms. The number of phenols is 1. The maximum atomic E-state index is 12.7. The van der Waals surface area contributed by atoms with Crippen LogP contribution in [0.3, 0.4) is 0 Å². The van der Waals surface area contributed by atoms with Gasteiger partial charge in [0.1, 0.15) is 5.75 Å². The summed E-state index contributed by atoms with van der Waals surface area (Å²) < 4.78 is 25.4. The fourth-order valence-electron chi connectivity index (χ4n) is 2.20. The van der Waals surface area contributed by atoms with Gasteiger partial charge in [-0.05, 0) is 54.7 Å². The summed E-state index contributed by atoms with van der Waals surface area (Å²) in [7, 11) is -2.67. The SMILES string of the molecule is Cc1ccc(S(=O)(=O)Sc2cc(C)c(O)cc2C(C)(C)C)cc1. The van der Waals surface area contributed by atoms with E-state index in [0.29, 0.717) is 15.4 Å². The van der Waals surface area contributed by atoms with Crippen molar-refractivity contribution in [1.82, 2.24) is 0 Å². The van der Waals surface area contributed by atoms with E-state index in [1.54, 1.807) is 43.3 Å². The van der Waals surface area contributed by atoms with Crippen LogP contribution in [-0.4, -0.2) is 13.5 Å². The van der Waals surface area contributed by atoms with Gasteiger partial charge in [0.15, 0.2) is 0 Å². The van der Waals surface area contributed by atoms with Gasteiger partial charge in [0, 0.05) is 15.7 Å². The van der Waals surface area contributed by atoms with E-state index in [4.69, 9.17) is 0 Å². The minimum Gasteiger partial charge on any atom is -0.508 e. The van der Waals surface area contributed by atoms with Crippen molar-refractivity contribution in [2.45, 2.75) is 49.8 Å². The van der Waals surface area contributed by atoms with Gasteiger partial charge in [-0.15, -0.1) is 0 Å². The van der Waals surface area contributed by atoms with E-state index >= 15 is 0 Å². The van der Waals surface area contributed by atoms with Crippen molar-refractivity contribution in [3.05, 3.63) is 53.1 Å². The van der Waals surface area contributed by atoms with Crippen LogP contribution in [0, 0.1) is 13.8 Å². The van der Waals surface area contributed by atoms with Crippen LogP contribution >= 0.6 is 10.8 Å². The minimum absolute atomic E-state index is 0.187. The van der Waals surface area contributed by atoms with Crippen LogP contribution in [-0.2, 0) is 14.3 Å². The Hall–Kier alpha value is -1.46. The van der Waals surface area contributed by atoms with Gasteiger partial charge < -0.3 is 5.11 Å². The zero-order chi connectivity index (χ0) is 17.4. The molecule has 0 aromatic heterocycles. The Morgan fingerprint density at radius 1 is 1.00 bits per heavy atom. The molecular weight excluding hydrogens is 328 g/mol. The highest BCUT2D eigenvalue weighted by molar-refractivity contribution is 8.72. The van der Waals surface area contributed by atoms with Crippen molar-refractivity contribution in [3.8, 4) is 5.75 Å². The Labute approximate surface area is 142 Å². The first-order chi connectivity index (χ1) is 10.5. The quantitative estimate of drug-likeness (QED) is 0.809. The van der Waals surface area contributed by atoms with Gasteiger partial charge in [-0.1, -0.05) is 38.5 Å². The predicted molar refractivity (Wildman–Crippen MR) is 95.8 cm³/mol. The Kier molecular flexibility index (Phi) is 4.83. The Morgan fingerprint density at radius 3 is 2.09 bits per heavy atom. The maximum Gasteiger partial charge on any atom is 0.234 e. The number of benzene rings is 2. The van der Waals surface area contributed by atoms with Crippen molar-refractivity contribution < 1.29 is 13.5 Å². The summed E-state index contributed by atoms with van der Waals surface area (Å²) in [6.45, 7) is 9.69. The van der Waals surface area contributed by atoms with E-state index in [0.717, 1.165) is 21.9 Å². The van der Waals surface area contributed by atoms with Crippen molar-refractivity contribution in [3.63, 3.8) is 0 Å². The third kappa shape index (κ3) is 4.09. The molecule has 0 heterocycles. The first kappa shape index (κ1) is 17.9. The molecule has 2 aromatic carbocycles. The van der Waals surface area contributed by atoms with Crippen molar-refractivity contribution in [1.29, 1.82) is 0 Å². The molecule has 0 aliphatic heterocycles. The number of aromatic hydroxyl groups is 1. The summed E-state index contributed by atoms with van der Waals surface area (Å²) in [5, 5.41) is 9.98. The molecule has 0 spiro atoms. The zero-order valence-corrected chi connectivity index (χ0v) is 15.7. The lowest BCUT2D eigenvalue weighted by Gasteiger charge is -2.23. The van der Waals surface area contributed by atoms with E-state index in [9.17, 15) is 13.5 Å². The van der Waals surface area contributed by atoms with Gasteiger partial charge in [0.2, 0.25) is 8.87 Å². The molecule has 124 valence electrons. The first-order valence-electron chi connectivity index (χ1n) is 7.36. The number of aryl methyl sites for hydroxylation is 2. The van der Waals surface area contributed by atoms with E-state index in [1.807, 2.05) is 27.7 Å². The fourth-order valence-corrected chi connectivity index (χ4v) is 5.42. The predicted octanol–water partition coefficient (Wildman–Crippen LogP) is 4.79. The molecule has 0 amide bonds. The number of hydrogen-bond acceptors (Lipinski definition) is 4. The highest BCUT2D eigenvalue weighted by Crippen LogP contribution is 2.40. The van der Waals surface area contributed by atoms with Gasteiger partial charge in [0.25, 0.3) is 0 Å². The summed E-state index contributed by atoms with van der Waals surface area (Å²) >= 11 is 0. The molecule has 0 unspecified atom stereocenters. The zero-order valence-electron chi connectivity index (χ0n) is 14.0. The molecule has 23 heavy (non-hydrogen) atoms. The molecular formula is C18H22O3S2. The monoisotopic (exact) mass is 350 g/mol. The smallest absolute Gasteiger partial charge is 0.234 e. The van der Waals surface area contributed by atoms with E-state index < -0.39 is 8.87 Å². The lowest BCUT2D eigenvalue weighted by atomic mass is 9.86. The molecule has 5 heteroatoms. The summed E-state index contributed by atoms with van der Waals surface area (Å²) in [6, 6.07) is 10.2. The van der Waals surface area contributed by atoms with Gasteiger partial charge in [0.05, 0.1) is 4.90 Å². The Morgan fingerprint density at radius 2 is 1.57 bits per heavy atom. The molecule has 2 aromatic rings. The highest BCUT2D eigenvalue weighted by atomic mass is 33.1. The van der Waals surface area contributed by atoms with Crippen LogP contribution in [0.25, 0.3) is 0 Å². The summed E-state index contributed by atoms with van der Waals surface area (Å²) in [5.74, 6) is 0.187. The molecule has 3 nitrogen and oxygen atoms in total. The third-order valence-corrected chi connectivity index (χ3v) is 6.98. The van der Waals surface area contributed by atoms with Crippen molar-refractivity contribution in [2.75, 3.05) is 0 Å². The number of rotatable bonds is 3. The molecule has 0 aliphatic rings. The molecule has 1 N–H and O–H groups in total. The second-order valence-electron chi connectivity index (χ2n) is 6.74. The standard InChI is InChI=1S/C18H22O3S2/c1-12-6-8-14(9-7-12)23(20,21)22-17-10-13(2)16(19)11-15(17)18(3,4)5/h6-11,19H,1-5H3. The minimum atomic E-state index is -3.51. The third-order valence-electron chi connectivity index (χ3n) is 3.62. The van der Waals surface area contributed by atoms with Crippen molar-refractivity contribution in [2.24, 2.45) is 0 Å². The van der Waals surface area contributed by atoms with Gasteiger partial charge in [-0.2, -0.15) is 0 Å². The summed E-state index contributed by atoms with van der Waals surface area (Å²) in [4.78, 5) is 0.951. The Balaban J connectivity index is 2.51. The molecule has 0 aliphatic carbocycles. The average molecular weight is 351 g/mol. The summed E-state index contributed by atoms with van der Waals surface area (Å²) in [6.07, 6.45) is 0. The Bertz CT molecular complexity index is 815. The molecule has 0 atom stereocenters.